The van der Waals surface area contributed by atoms with Crippen LogP contribution in [0.1, 0.15) is 24.7 Å². The summed E-state index contributed by atoms with van der Waals surface area (Å²) in [6, 6.07) is 5.71. The summed E-state index contributed by atoms with van der Waals surface area (Å²) < 4.78 is 5.31. The molecule has 0 unspecified atom stereocenters. The van der Waals surface area contributed by atoms with Crippen molar-refractivity contribution in [3.63, 3.8) is 0 Å². The Balaban J connectivity index is 2.18. The number of nitrogens with one attached hydrogen (secondary N) is 1. The highest BCUT2D eigenvalue weighted by atomic mass is 16.3. The summed E-state index contributed by atoms with van der Waals surface area (Å²) in [7, 11) is 0. The molecule has 0 bridgehead atoms. The van der Waals surface area contributed by atoms with Gasteiger partial charge in [-0.25, -0.2) is 9.97 Å². The van der Waals surface area contributed by atoms with Crippen molar-refractivity contribution in [2.45, 2.75) is 26.8 Å². The lowest BCUT2D eigenvalue weighted by Crippen LogP contribution is -2.15. The number of nitrogens with zero attached hydrogens (tertiary/aromatic N) is 2. The van der Waals surface area contributed by atoms with E-state index in [1.807, 2.05) is 25.1 Å². The van der Waals surface area contributed by atoms with Crippen LogP contribution in [0.25, 0.3) is 11.6 Å². The lowest BCUT2D eigenvalue weighted by molar-refractivity contribution is 0.575. The molecule has 4 nitrogen and oxygen atoms in total. The van der Waals surface area contributed by atoms with Gasteiger partial charge in [0.2, 0.25) is 0 Å². The molecule has 0 spiro atoms. The Bertz CT molecular complexity index is 466. The maximum absolute atomic E-state index is 5.31. The van der Waals surface area contributed by atoms with Crippen LogP contribution in [0.3, 0.4) is 0 Å². The molecule has 2 rings (SSSR count). The lowest BCUT2D eigenvalue weighted by Gasteiger charge is -2.05. The molecule has 0 fully saturated rings. The number of furan rings is 1. The number of aromatic nitrogens is 2. The van der Waals surface area contributed by atoms with Crippen molar-refractivity contribution in [2.75, 3.05) is 6.54 Å². The van der Waals surface area contributed by atoms with E-state index in [-0.39, 0.29) is 0 Å². The minimum Gasteiger partial charge on any atom is -0.461 e. The Labute approximate surface area is 101 Å². The molecule has 1 N–H and O–H groups in total. The summed E-state index contributed by atoms with van der Waals surface area (Å²) in [4.78, 5) is 8.85. The second kappa shape index (κ2) is 5.59. The van der Waals surface area contributed by atoms with Crippen molar-refractivity contribution in [3.05, 3.63) is 35.9 Å². The van der Waals surface area contributed by atoms with Gasteiger partial charge in [0, 0.05) is 12.2 Å². The first-order chi connectivity index (χ1) is 8.29. The molecule has 0 aliphatic rings. The number of hydrogen-bond donors (Lipinski definition) is 1. The molecule has 0 radical (unpaired) electrons. The van der Waals surface area contributed by atoms with E-state index in [1.165, 1.54) is 0 Å². The molecule has 0 aliphatic carbocycles. The Morgan fingerprint density at radius 1 is 1.35 bits per heavy atom. The number of aryl methyl sites for hydroxylation is 1. The molecule has 0 saturated heterocycles. The topological polar surface area (TPSA) is 51.0 Å². The average molecular weight is 231 g/mol. The van der Waals surface area contributed by atoms with E-state index < -0.39 is 0 Å². The highest BCUT2D eigenvalue weighted by molar-refractivity contribution is 5.46. The van der Waals surface area contributed by atoms with Gasteiger partial charge in [0.25, 0.3) is 0 Å². The van der Waals surface area contributed by atoms with E-state index in [2.05, 4.69) is 22.2 Å². The Kier molecular flexibility index (Phi) is 3.88. The van der Waals surface area contributed by atoms with Gasteiger partial charge in [-0.15, -0.1) is 0 Å². The van der Waals surface area contributed by atoms with Crippen LogP contribution in [0.15, 0.2) is 28.9 Å². The van der Waals surface area contributed by atoms with E-state index >= 15 is 0 Å². The summed E-state index contributed by atoms with van der Waals surface area (Å²) in [5.74, 6) is 1.37. The van der Waals surface area contributed by atoms with Gasteiger partial charge in [-0.3, -0.25) is 0 Å². The minimum atomic E-state index is 0.656. The van der Waals surface area contributed by atoms with Crippen LogP contribution >= 0.6 is 0 Å². The van der Waals surface area contributed by atoms with Gasteiger partial charge in [-0.2, -0.15) is 0 Å². The monoisotopic (exact) mass is 231 g/mol. The third kappa shape index (κ3) is 3.14. The molecule has 0 aromatic carbocycles. The summed E-state index contributed by atoms with van der Waals surface area (Å²) >= 11 is 0. The fourth-order valence-corrected chi connectivity index (χ4v) is 1.63. The SMILES string of the molecule is CCCNCc1cc(C)nc(-c2ccco2)n1. The molecule has 2 aromatic heterocycles. The maximum atomic E-state index is 5.31. The van der Waals surface area contributed by atoms with E-state index in [1.54, 1.807) is 6.26 Å². The predicted octanol–water partition coefficient (Wildman–Crippen LogP) is 2.54. The van der Waals surface area contributed by atoms with Crippen molar-refractivity contribution in [1.29, 1.82) is 0 Å². The lowest BCUT2D eigenvalue weighted by atomic mass is 10.3. The van der Waals surface area contributed by atoms with Gasteiger partial charge in [-0.1, -0.05) is 6.92 Å². The molecule has 17 heavy (non-hydrogen) atoms. The molecule has 0 amide bonds. The second-order valence-corrected chi connectivity index (χ2v) is 3.98. The Hall–Kier alpha value is -1.68. The third-order valence-corrected chi connectivity index (χ3v) is 2.38. The van der Waals surface area contributed by atoms with Gasteiger partial charge in [0.15, 0.2) is 11.6 Å². The zero-order valence-electron chi connectivity index (χ0n) is 10.2. The van der Waals surface area contributed by atoms with Gasteiger partial charge in [0.1, 0.15) is 0 Å². The molecule has 2 heterocycles. The molecule has 0 saturated carbocycles. The zero-order chi connectivity index (χ0) is 12.1. The van der Waals surface area contributed by atoms with Crippen molar-refractivity contribution < 1.29 is 4.42 Å². The van der Waals surface area contributed by atoms with Crippen LogP contribution in [0.5, 0.6) is 0 Å². The fraction of sp³-hybridized carbons (Fsp3) is 0.385. The summed E-state index contributed by atoms with van der Waals surface area (Å²) in [6.45, 7) is 5.88. The third-order valence-electron chi connectivity index (χ3n) is 2.38. The predicted molar refractivity (Wildman–Crippen MR) is 66.5 cm³/mol. The van der Waals surface area contributed by atoms with Crippen LogP contribution in [0, 0.1) is 6.92 Å². The van der Waals surface area contributed by atoms with E-state index in [0.717, 1.165) is 30.9 Å². The summed E-state index contributed by atoms with van der Waals surface area (Å²) in [5.41, 5.74) is 1.96. The smallest absolute Gasteiger partial charge is 0.196 e. The van der Waals surface area contributed by atoms with Crippen molar-refractivity contribution >= 4 is 0 Å². The first kappa shape index (κ1) is 11.8. The Morgan fingerprint density at radius 3 is 2.94 bits per heavy atom. The molecule has 0 atom stereocenters. The summed E-state index contributed by atoms with van der Waals surface area (Å²) in [6.07, 6.45) is 2.76. The average Bonchev–Trinajstić information content (AvgIpc) is 2.82. The van der Waals surface area contributed by atoms with Crippen molar-refractivity contribution in [2.24, 2.45) is 0 Å². The summed E-state index contributed by atoms with van der Waals surface area (Å²) in [5, 5.41) is 3.33. The number of rotatable bonds is 5. The van der Waals surface area contributed by atoms with Crippen LogP contribution in [-0.2, 0) is 6.54 Å². The maximum Gasteiger partial charge on any atom is 0.196 e. The molecule has 2 aromatic rings. The second-order valence-electron chi connectivity index (χ2n) is 3.98. The van der Waals surface area contributed by atoms with Crippen LogP contribution in [0.2, 0.25) is 0 Å². The van der Waals surface area contributed by atoms with E-state index in [4.69, 9.17) is 4.42 Å². The van der Waals surface area contributed by atoms with Crippen LogP contribution in [-0.4, -0.2) is 16.5 Å². The molecular weight excluding hydrogens is 214 g/mol. The standard InChI is InChI=1S/C13H17N3O/c1-3-6-14-9-11-8-10(2)15-13(16-11)12-5-4-7-17-12/h4-5,7-8,14H,3,6,9H2,1-2H3. The first-order valence-electron chi connectivity index (χ1n) is 5.88. The van der Waals surface area contributed by atoms with Gasteiger partial charge in [0.05, 0.1) is 12.0 Å². The van der Waals surface area contributed by atoms with Crippen molar-refractivity contribution in [3.8, 4) is 11.6 Å². The highest BCUT2D eigenvalue weighted by Crippen LogP contribution is 2.16. The first-order valence-corrected chi connectivity index (χ1v) is 5.88. The molecule has 90 valence electrons. The van der Waals surface area contributed by atoms with E-state index in [9.17, 15) is 0 Å². The minimum absolute atomic E-state index is 0.656. The molecule has 4 heteroatoms. The molecule has 0 aliphatic heterocycles. The van der Waals surface area contributed by atoms with Crippen molar-refractivity contribution in [1.82, 2.24) is 15.3 Å². The zero-order valence-corrected chi connectivity index (χ0v) is 10.2. The van der Waals surface area contributed by atoms with Crippen LogP contribution in [0.4, 0.5) is 0 Å². The largest absolute Gasteiger partial charge is 0.461 e. The normalized spacial score (nSPS) is 10.7. The van der Waals surface area contributed by atoms with Gasteiger partial charge >= 0.3 is 0 Å². The molecular formula is C13H17N3O. The highest BCUT2D eigenvalue weighted by Gasteiger charge is 2.06. The Morgan fingerprint density at radius 2 is 2.24 bits per heavy atom. The van der Waals surface area contributed by atoms with Crippen LogP contribution < -0.4 is 5.32 Å². The number of hydrogen-bond acceptors (Lipinski definition) is 4. The fourth-order valence-electron chi connectivity index (χ4n) is 1.63. The van der Waals surface area contributed by atoms with Gasteiger partial charge in [-0.05, 0) is 38.1 Å². The van der Waals surface area contributed by atoms with Gasteiger partial charge < -0.3 is 9.73 Å². The van der Waals surface area contributed by atoms with E-state index in [0.29, 0.717) is 11.6 Å². The quantitative estimate of drug-likeness (QED) is 0.803.